The third-order valence-corrected chi connectivity index (χ3v) is 2.63. The standard InChI is InChI=1S/C15H13NO3/c17-14-8-10-16(11-13(14)15(18)19)9-4-7-12-5-2-1-3-6-12/h1-8,10-11H,9H2,(H,18,19)/b7-4+. The SMILES string of the molecule is O=C(O)c1cn(C/C=C/c2ccccc2)ccc1=O. The van der Waals surface area contributed by atoms with Crippen molar-refractivity contribution >= 4 is 12.0 Å². The molecule has 4 heteroatoms. The van der Waals surface area contributed by atoms with Crippen LogP contribution in [0.3, 0.4) is 0 Å². The van der Waals surface area contributed by atoms with Crippen LogP contribution in [0.25, 0.3) is 6.08 Å². The Labute approximate surface area is 110 Å². The summed E-state index contributed by atoms with van der Waals surface area (Å²) in [6, 6.07) is 11.1. The first-order chi connectivity index (χ1) is 9.16. The van der Waals surface area contributed by atoms with Crippen molar-refractivity contribution in [1.82, 2.24) is 4.57 Å². The van der Waals surface area contributed by atoms with E-state index >= 15 is 0 Å². The third kappa shape index (κ3) is 3.42. The second kappa shape index (κ2) is 5.82. The number of allylic oxidation sites excluding steroid dienone is 1. The number of carboxylic acids is 1. The maximum absolute atomic E-state index is 11.3. The van der Waals surface area contributed by atoms with Crippen molar-refractivity contribution in [3.63, 3.8) is 0 Å². The zero-order chi connectivity index (χ0) is 13.7. The molecule has 1 heterocycles. The minimum Gasteiger partial charge on any atom is -0.477 e. The number of benzene rings is 1. The predicted octanol–water partition coefficient (Wildman–Crippen LogP) is 2.26. The molecule has 19 heavy (non-hydrogen) atoms. The molecule has 0 aliphatic rings. The summed E-state index contributed by atoms with van der Waals surface area (Å²) in [5, 5.41) is 8.86. The molecule has 0 radical (unpaired) electrons. The first-order valence-corrected chi connectivity index (χ1v) is 5.82. The molecule has 0 amide bonds. The Bertz CT molecular complexity index is 657. The van der Waals surface area contributed by atoms with E-state index < -0.39 is 11.4 Å². The van der Waals surface area contributed by atoms with E-state index in [-0.39, 0.29) is 5.56 Å². The van der Waals surface area contributed by atoms with Gasteiger partial charge in [0.2, 0.25) is 0 Å². The molecule has 0 unspecified atom stereocenters. The number of pyridine rings is 1. The van der Waals surface area contributed by atoms with Crippen molar-refractivity contribution in [2.45, 2.75) is 6.54 Å². The number of aromatic nitrogens is 1. The molecule has 0 bridgehead atoms. The fourth-order valence-corrected chi connectivity index (χ4v) is 1.67. The van der Waals surface area contributed by atoms with Gasteiger partial charge in [0, 0.05) is 25.0 Å². The molecule has 0 fully saturated rings. The van der Waals surface area contributed by atoms with Crippen LogP contribution in [0.1, 0.15) is 15.9 Å². The molecule has 0 saturated heterocycles. The maximum Gasteiger partial charge on any atom is 0.341 e. The zero-order valence-electron chi connectivity index (χ0n) is 10.2. The lowest BCUT2D eigenvalue weighted by Gasteiger charge is -2.03. The van der Waals surface area contributed by atoms with Crippen LogP contribution in [-0.4, -0.2) is 15.6 Å². The Kier molecular flexibility index (Phi) is 3.93. The van der Waals surface area contributed by atoms with Crippen molar-refractivity contribution in [1.29, 1.82) is 0 Å². The molecule has 0 atom stereocenters. The zero-order valence-corrected chi connectivity index (χ0v) is 10.2. The van der Waals surface area contributed by atoms with Crippen LogP contribution in [-0.2, 0) is 6.54 Å². The first-order valence-electron chi connectivity index (χ1n) is 5.82. The molecule has 0 spiro atoms. The Morgan fingerprint density at radius 3 is 2.63 bits per heavy atom. The minimum absolute atomic E-state index is 0.212. The summed E-state index contributed by atoms with van der Waals surface area (Å²) in [7, 11) is 0. The summed E-state index contributed by atoms with van der Waals surface area (Å²) in [5.74, 6) is -1.20. The summed E-state index contributed by atoms with van der Waals surface area (Å²) >= 11 is 0. The molecule has 1 N–H and O–H groups in total. The fourth-order valence-electron chi connectivity index (χ4n) is 1.67. The molecule has 0 aliphatic heterocycles. The van der Waals surface area contributed by atoms with Gasteiger partial charge in [-0.2, -0.15) is 0 Å². The van der Waals surface area contributed by atoms with Gasteiger partial charge in [-0.3, -0.25) is 4.79 Å². The number of carbonyl (C=O) groups is 1. The van der Waals surface area contributed by atoms with Crippen LogP contribution in [0.4, 0.5) is 0 Å². The van der Waals surface area contributed by atoms with Crippen LogP contribution < -0.4 is 5.43 Å². The highest BCUT2D eigenvalue weighted by atomic mass is 16.4. The van der Waals surface area contributed by atoms with Gasteiger partial charge in [-0.15, -0.1) is 0 Å². The van der Waals surface area contributed by atoms with Gasteiger partial charge >= 0.3 is 5.97 Å². The van der Waals surface area contributed by atoms with Gasteiger partial charge in [0.1, 0.15) is 5.56 Å². The van der Waals surface area contributed by atoms with Crippen molar-refractivity contribution in [3.05, 3.63) is 76.2 Å². The molecule has 2 aromatic rings. The van der Waals surface area contributed by atoms with Crippen LogP contribution in [0.15, 0.2) is 59.7 Å². The highest BCUT2D eigenvalue weighted by Crippen LogP contribution is 2.01. The van der Waals surface area contributed by atoms with Gasteiger partial charge in [0.05, 0.1) is 0 Å². The maximum atomic E-state index is 11.3. The lowest BCUT2D eigenvalue weighted by molar-refractivity contribution is 0.0694. The summed E-state index contributed by atoms with van der Waals surface area (Å²) < 4.78 is 1.66. The topological polar surface area (TPSA) is 59.3 Å². The summed E-state index contributed by atoms with van der Waals surface area (Å²) in [6.07, 6.45) is 6.77. The highest BCUT2D eigenvalue weighted by molar-refractivity contribution is 5.86. The number of hydrogen-bond acceptors (Lipinski definition) is 2. The van der Waals surface area contributed by atoms with Gasteiger partial charge in [-0.05, 0) is 5.56 Å². The molecule has 4 nitrogen and oxygen atoms in total. The smallest absolute Gasteiger partial charge is 0.341 e. The van der Waals surface area contributed by atoms with Crippen LogP contribution >= 0.6 is 0 Å². The van der Waals surface area contributed by atoms with Crippen molar-refractivity contribution < 1.29 is 9.90 Å². The van der Waals surface area contributed by atoms with Gasteiger partial charge in [-0.25, -0.2) is 4.79 Å². The molecule has 1 aromatic heterocycles. The number of hydrogen-bond donors (Lipinski definition) is 1. The van der Waals surface area contributed by atoms with Crippen molar-refractivity contribution in [2.75, 3.05) is 0 Å². The molecular weight excluding hydrogens is 242 g/mol. The third-order valence-electron chi connectivity index (χ3n) is 2.63. The molecule has 1 aromatic carbocycles. The molecular formula is C15H13NO3. The van der Waals surface area contributed by atoms with E-state index in [1.807, 2.05) is 42.5 Å². The van der Waals surface area contributed by atoms with E-state index in [0.29, 0.717) is 6.54 Å². The predicted molar refractivity (Wildman–Crippen MR) is 73.1 cm³/mol. The highest BCUT2D eigenvalue weighted by Gasteiger charge is 2.07. The van der Waals surface area contributed by atoms with Crippen molar-refractivity contribution in [2.24, 2.45) is 0 Å². The Morgan fingerprint density at radius 2 is 1.95 bits per heavy atom. The van der Waals surface area contributed by atoms with E-state index in [0.717, 1.165) is 5.56 Å². The quantitative estimate of drug-likeness (QED) is 0.911. The monoisotopic (exact) mass is 255 g/mol. The molecule has 0 aliphatic carbocycles. The van der Waals surface area contributed by atoms with E-state index in [1.165, 1.54) is 12.3 Å². The lowest BCUT2D eigenvalue weighted by Crippen LogP contribution is -2.16. The Morgan fingerprint density at radius 1 is 1.21 bits per heavy atom. The average molecular weight is 255 g/mol. The average Bonchev–Trinajstić information content (AvgIpc) is 2.41. The van der Waals surface area contributed by atoms with E-state index in [2.05, 4.69) is 0 Å². The first kappa shape index (κ1) is 12.8. The molecule has 0 saturated carbocycles. The summed E-state index contributed by atoms with van der Waals surface area (Å²) in [5.41, 5.74) is 0.383. The largest absolute Gasteiger partial charge is 0.477 e. The number of rotatable bonds is 4. The number of carboxylic acid groups (broad SMARTS) is 1. The van der Waals surface area contributed by atoms with E-state index in [9.17, 15) is 9.59 Å². The summed E-state index contributed by atoms with van der Waals surface area (Å²) in [4.78, 5) is 22.1. The van der Waals surface area contributed by atoms with Gasteiger partial charge in [0.15, 0.2) is 5.43 Å². The number of aromatic carboxylic acids is 1. The van der Waals surface area contributed by atoms with Crippen LogP contribution in [0.5, 0.6) is 0 Å². The molecule has 2 rings (SSSR count). The fraction of sp³-hybridized carbons (Fsp3) is 0.0667. The van der Waals surface area contributed by atoms with Crippen LogP contribution in [0.2, 0.25) is 0 Å². The van der Waals surface area contributed by atoms with Gasteiger partial charge in [-0.1, -0.05) is 42.5 Å². The van der Waals surface area contributed by atoms with E-state index in [4.69, 9.17) is 5.11 Å². The van der Waals surface area contributed by atoms with Crippen LogP contribution in [0, 0.1) is 0 Å². The number of nitrogens with zero attached hydrogens (tertiary/aromatic N) is 1. The second-order valence-corrected chi connectivity index (χ2v) is 4.04. The Hall–Kier alpha value is -2.62. The Balaban J connectivity index is 2.12. The van der Waals surface area contributed by atoms with Crippen molar-refractivity contribution in [3.8, 4) is 0 Å². The summed E-state index contributed by atoms with van der Waals surface area (Å²) in [6.45, 7) is 0.509. The second-order valence-electron chi connectivity index (χ2n) is 4.04. The van der Waals surface area contributed by atoms with E-state index in [1.54, 1.807) is 10.8 Å². The van der Waals surface area contributed by atoms with Gasteiger partial charge in [0.25, 0.3) is 0 Å². The normalized spacial score (nSPS) is 10.7. The van der Waals surface area contributed by atoms with Gasteiger partial charge < -0.3 is 9.67 Å². The lowest BCUT2D eigenvalue weighted by atomic mass is 10.2. The minimum atomic E-state index is -1.20. The molecule has 96 valence electrons.